The van der Waals surface area contributed by atoms with E-state index in [4.69, 9.17) is 10.5 Å². The molecule has 0 aromatic carbocycles. The number of nitrogens with two attached hydrogens (primary N) is 1. The van der Waals surface area contributed by atoms with Gasteiger partial charge in [0.2, 0.25) is 0 Å². The zero-order valence-corrected chi connectivity index (χ0v) is 10.4. The maximum atomic E-state index is 11.5. The lowest BCUT2D eigenvalue weighted by Gasteiger charge is -2.19. The Morgan fingerprint density at radius 3 is 2.76 bits per heavy atom. The fourth-order valence-corrected chi connectivity index (χ4v) is 1.14. The lowest BCUT2D eigenvalue weighted by molar-refractivity contribution is 0.0635. The molecule has 1 amide bonds. The second-order valence-corrected chi connectivity index (χ2v) is 4.56. The van der Waals surface area contributed by atoms with E-state index in [0.29, 0.717) is 18.8 Å². The van der Waals surface area contributed by atoms with Gasteiger partial charge in [0.1, 0.15) is 5.60 Å². The summed E-state index contributed by atoms with van der Waals surface area (Å²) in [5, 5.41) is 2.52. The van der Waals surface area contributed by atoms with Crippen LogP contribution in [0.5, 0.6) is 0 Å². The Balaban J connectivity index is 2.62. The van der Waals surface area contributed by atoms with Crippen LogP contribution >= 0.6 is 0 Å². The minimum Gasteiger partial charge on any atom is -0.444 e. The zero-order chi connectivity index (χ0) is 12.9. The summed E-state index contributed by atoms with van der Waals surface area (Å²) < 4.78 is 5.10. The van der Waals surface area contributed by atoms with Crippen LogP contribution in [0.15, 0.2) is 12.4 Å². The molecule has 3 N–H and O–H groups in total. The van der Waals surface area contributed by atoms with Crippen molar-refractivity contribution in [2.45, 2.75) is 32.8 Å². The number of anilines is 1. The molecule has 0 spiro atoms. The van der Waals surface area contributed by atoms with Gasteiger partial charge in [-0.1, -0.05) is 0 Å². The van der Waals surface area contributed by atoms with Crippen molar-refractivity contribution < 1.29 is 9.53 Å². The van der Waals surface area contributed by atoms with Gasteiger partial charge in [-0.3, -0.25) is 10.3 Å². The topological polar surface area (TPSA) is 90.1 Å². The summed E-state index contributed by atoms with van der Waals surface area (Å²) in [5.41, 5.74) is 5.62. The van der Waals surface area contributed by atoms with Gasteiger partial charge < -0.3 is 10.5 Å². The van der Waals surface area contributed by atoms with Crippen molar-refractivity contribution in [1.82, 2.24) is 9.97 Å². The minimum atomic E-state index is -0.545. The minimum absolute atomic E-state index is 0.366. The highest BCUT2D eigenvalue weighted by Crippen LogP contribution is 2.09. The molecule has 0 unspecified atom stereocenters. The summed E-state index contributed by atoms with van der Waals surface area (Å²) >= 11 is 0. The molecule has 0 saturated heterocycles. The lowest BCUT2D eigenvalue weighted by atomic mass is 10.2. The van der Waals surface area contributed by atoms with Crippen molar-refractivity contribution in [2.75, 3.05) is 11.9 Å². The van der Waals surface area contributed by atoms with Crippen molar-refractivity contribution in [2.24, 2.45) is 5.73 Å². The Hall–Kier alpha value is -1.69. The van der Waals surface area contributed by atoms with Gasteiger partial charge in [-0.15, -0.1) is 0 Å². The summed E-state index contributed by atoms with van der Waals surface area (Å²) in [4.78, 5) is 19.6. The highest BCUT2D eigenvalue weighted by Gasteiger charge is 2.16. The van der Waals surface area contributed by atoms with Gasteiger partial charge in [0.15, 0.2) is 5.82 Å². The third-order valence-corrected chi connectivity index (χ3v) is 1.71. The van der Waals surface area contributed by atoms with Crippen molar-refractivity contribution in [1.29, 1.82) is 0 Å². The summed E-state index contributed by atoms with van der Waals surface area (Å²) in [5.74, 6) is 0.366. The average molecular weight is 238 g/mol. The number of rotatable bonds is 3. The molecular weight excluding hydrogens is 220 g/mol. The monoisotopic (exact) mass is 238 g/mol. The molecule has 1 aromatic heterocycles. The van der Waals surface area contributed by atoms with Crippen LogP contribution in [0.25, 0.3) is 0 Å². The maximum absolute atomic E-state index is 11.5. The molecule has 94 valence electrons. The molecule has 0 radical (unpaired) electrons. The normalized spacial score (nSPS) is 11.1. The number of ether oxygens (including phenoxy) is 1. The largest absolute Gasteiger partial charge is 0.444 e. The van der Waals surface area contributed by atoms with E-state index >= 15 is 0 Å². The van der Waals surface area contributed by atoms with E-state index in [2.05, 4.69) is 15.3 Å². The molecule has 1 aromatic rings. The number of aromatic nitrogens is 2. The van der Waals surface area contributed by atoms with Crippen LogP contribution in [0, 0.1) is 0 Å². The molecule has 0 aliphatic carbocycles. The Bertz CT molecular complexity index is 387. The summed E-state index contributed by atoms with van der Waals surface area (Å²) in [6, 6.07) is 0. The first-order chi connectivity index (χ1) is 7.90. The Labute approximate surface area is 101 Å². The predicted molar refractivity (Wildman–Crippen MR) is 64.6 cm³/mol. The predicted octanol–water partition coefficient (Wildman–Crippen LogP) is 1.32. The highest BCUT2D eigenvalue weighted by atomic mass is 16.6. The van der Waals surface area contributed by atoms with Crippen LogP contribution < -0.4 is 11.1 Å². The first-order valence-corrected chi connectivity index (χ1v) is 5.42. The Morgan fingerprint density at radius 1 is 1.47 bits per heavy atom. The van der Waals surface area contributed by atoms with Gasteiger partial charge in [-0.05, 0) is 27.3 Å². The number of nitrogens with zero attached hydrogens (tertiary/aromatic N) is 2. The van der Waals surface area contributed by atoms with Crippen LogP contribution in [-0.4, -0.2) is 28.2 Å². The van der Waals surface area contributed by atoms with Gasteiger partial charge in [0, 0.05) is 12.6 Å². The van der Waals surface area contributed by atoms with Crippen molar-refractivity contribution in [3.63, 3.8) is 0 Å². The van der Waals surface area contributed by atoms with Gasteiger partial charge in [0.05, 0.1) is 11.9 Å². The smallest absolute Gasteiger partial charge is 0.413 e. The third kappa shape index (κ3) is 5.26. The number of nitrogens with one attached hydrogen (secondary N) is 1. The summed E-state index contributed by atoms with van der Waals surface area (Å²) in [6.07, 6.45) is 3.16. The molecule has 0 aliphatic rings. The molecule has 6 heteroatoms. The molecule has 0 aliphatic heterocycles. The quantitative estimate of drug-likeness (QED) is 0.829. The Kier molecular flexibility index (Phi) is 4.39. The zero-order valence-electron chi connectivity index (χ0n) is 10.4. The molecule has 1 heterocycles. The van der Waals surface area contributed by atoms with Crippen LogP contribution in [0.1, 0.15) is 26.5 Å². The molecule has 0 saturated carbocycles. The molecule has 0 atom stereocenters. The van der Waals surface area contributed by atoms with Crippen molar-refractivity contribution in [3.05, 3.63) is 18.1 Å². The molecular formula is C11H18N4O2. The molecule has 1 rings (SSSR count). The van der Waals surface area contributed by atoms with Crippen molar-refractivity contribution in [3.8, 4) is 0 Å². The standard InChI is InChI=1S/C11H18N4O2/c1-11(2,3)17-10(16)15-9-7-13-6-8(14-9)4-5-12/h6-7H,4-5,12H2,1-3H3,(H,14,15,16). The Morgan fingerprint density at radius 2 is 2.18 bits per heavy atom. The number of carbonyl (C=O) groups is 1. The molecule has 0 bridgehead atoms. The highest BCUT2D eigenvalue weighted by molar-refractivity contribution is 5.83. The molecule has 0 fully saturated rings. The van der Waals surface area contributed by atoms with E-state index in [1.54, 1.807) is 27.0 Å². The first-order valence-electron chi connectivity index (χ1n) is 5.42. The van der Waals surface area contributed by atoms with Crippen LogP contribution in [0.4, 0.5) is 10.6 Å². The van der Waals surface area contributed by atoms with Gasteiger partial charge in [-0.2, -0.15) is 0 Å². The van der Waals surface area contributed by atoms with E-state index in [9.17, 15) is 4.79 Å². The van der Waals surface area contributed by atoms with Crippen LogP contribution in [0.2, 0.25) is 0 Å². The van der Waals surface area contributed by atoms with Gasteiger partial charge >= 0.3 is 6.09 Å². The average Bonchev–Trinajstić information content (AvgIpc) is 2.15. The van der Waals surface area contributed by atoms with Gasteiger partial charge in [0.25, 0.3) is 0 Å². The lowest BCUT2D eigenvalue weighted by Crippen LogP contribution is -2.27. The van der Waals surface area contributed by atoms with Crippen LogP contribution in [0.3, 0.4) is 0 Å². The third-order valence-electron chi connectivity index (χ3n) is 1.71. The van der Waals surface area contributed by atoms with Crippen LogP contribution in [-0.2, 0) is 11.2 Å². The van der Waals surface area contributed by atoms with E-state index in [-0.39, 0.29) is 0 Å². The SMILES string of the molecule is CC(C)(C)OC(=O)Nc1cncc(CCN)n1. The molecule has 17 heavy (non-hydrogen) atoms. The van der Waals surface area contributed by atoms with Crippen molar-refractivity contribution >= 4 is 11.9 Å². The summed E-state index contributed by atoms with van der Waals surface area (Å²) in [6.45, 7) is 5.87. The fraction of sp³-hybridized carbons (Fsp3) is 0.545. The summed E-state index contributed by atoms with van der Waals surface area (Å²) in [7, 11) is 0. The molecule has 6 nitrogen and oxygen atoms in total. The fourth-order valence-electron chi connectivity index (χ4n) is 1.14. The van der Waals surface area contributed by atoms with E-state index in [1.165, 1.54) is 6.20 Å². The maximum Gasteiger partial charge on any atom is 0.413 e. The first kappa shape index (κ1) is 13.4. The number of carbonyl (C=O) groups excluding carboxylic acids is 1. The van der Waals surface area contributed by atoms with E-state index in [0.717, 1.165) is 5.69 Å². The number of hydrogen-bond donors (Lipinski definition) is 2. The van der Waals surface area contributed by atoms with E-state index < -0.39 is 11.7 Å². The number of amides is 1. The van der Waals surface area contributed by atoms with Gasteiger partial charge in [-0.25, -0.2) is 9.78 Å². The second-order valence-electron chi connectivity index (χ2n) is 4.56. The van der Waals surface area contributed by atoms with E-state index in [1.807, 2.05) is 0 Å². The second kappa shape index (κ2) is 5.58. The number of hydrogen-bond acceptors (Lipinski definition) is 5.